The van der Waals surface area contributed by atoms with Gasteiger partial charge in [0.25, 0.3) is 0 Å². The molecule has 0 bridgehead atoms. The van der Waals surface area contributed by atoms with Crippen LogP contribution in [-0.4, -0.2) is 18.0 Å². The van der Waals surface area contributed by atoms with Crippen molar-refractivity contribution in [2.24, 2.45) is 5.92 Å². The summed E-state index contributed by atoms with van der Waals surface area (Å²) in [7, 11) is 0. The molecule has 1 aliphatic heterocycles. The second-order valence-electron chi connectivity index (χ2n) is 5.42. The van der Waals surface area contributed by atoms with Gasteiger partial charge in [-0.3, -0.25) is 10.2 Å². The first-order valence-corrected chi connectivity index (χ1v) is 7.11. The fraction of sp³-hybridized carbons (Fsp3) is 0.500. The van der Waals surface area contributed by atoms with Crippen LogP contribution < -0.4 is 16.2 Å². The van der Waals surface area contributed by atoms with Crippen molar-refractivity contribution >= 4 is 23.2 Å². The second kappa shape index (κ2) is 5.12. The Morgan fingerprint density at radius 3 is 3.00 bits per heavy atom. The van der Waals surface area contributed by atoms with E-state index in [0.717, 1.165) is 24.1 Å². The van der Waals surface area contributed by atoms with Crippen LogP contribution in [0.3, 0.4) is 0 Å². The molecule has 19 heavy (non-hydrogen) atoms. The maximum absolute atomic E-state index is 12.3. The van der Waals surface area contributed by atoms with Gasteiger partial charge in [-0.1, -0.05) is 24.1 Å². The van der Waals surface area contributed by atoms with Gasteiger partial charge in [-0.2, -0.15) is 0 Å². The number of hydrogen-bond donors (Lipinski definition) is 3. The number of rotatable bonds is 2. The summed E-state index contributed by atoms with van der Waals surface area (Å²) in [5.41, 5.74) is 8.09. The largest absolute Gasteiger partial charge is 0.325 e. The molecule has 102 valence electrons. The Balaban J connectivity index is 1.69. The third kappa shape index (κ3) is 2.48. The Labute approximate surface area is 117 Å². The number of amides is 1. The van der Waals surface area contributed by atoms with Crippen molar-refractivity contribution in [2.75, 3.05) is 5.32 Å². The van der Waals surface area contributed by atoms with Gasteiger partial charge in [0.2, 0.25) is 5.91 Å². The molecular weight excluding hydrogens is 262 g/mol. The number of fused-ring (bicyclic) bond motifs is 1. The van der Waals surface area contributed by atoms with Crippen LogP contribution in [0.5, 0.6) is 0 Å². The zero-order valence-electron chi connectivity index (χ0n) is 10.9. The highest BCUT2D eigenvalue weighted by atomic mass is 35.5. The van der Waals surface area contributed by atoms with Crippen molar-refractivity contribution in [3.63, 3.8) is 0 Å². The highest BCUT2D eigenvalue weighted by Gasteiger charge is 2.42. The van der Waals surface area contributed by atoms with Gasteiger partial charge < -0.3 is 5.32 Å². The monoisotopic (exact) mass is 279 g/mol. The van der Waals surface area contributed by atoms with Crippen molar-refractivity contribution in [2.45, 2.75) is 38.3 Å². The molecule has 2 fully saturated rings. The van der Waals surface area contributed by atoms with E-state index < -0.39 is 0 Å². The molecule has 1 amide bonds. The first-order chi connectivity index (χ1) is 9.15. The summed E-state index contributed by atoms with van der Waals surface area (Å²) in [5.74, 6) is 0.419. The Morgan fingerprint density at radius 1 is 1.37 bits per heavy atom. The maximum atomic E-state index is 12.3. The Kier molecular flexibility index (Phi) is 3.48. The lowest BCUT2D eigenvalue weighted by Gasteiger charge is -2.16. The molecule has 0 radical (unpaired) electrons. The minimum absolute atomic E-state index is 0.0156. The summed E-state index contributed by atoms with van der Waals surface area (Å²) >= 11 is 6.07. The molecule has 1 aliphatic carbocycles. The van der Waals surface area contributed by atoms with Crippen molar-refractivity contribution in [3.05, 3.63) is 28.8 Å². The summed E-state index contributed by atoms with van der Waals surface area (Å²) < 4.78 is 0. The van der Waals surface area contributed by atoms with Crippen LogP contribution >= 0.6 is 11.6 Å². The van der Waals surface area contributed by atoms with Crippen molar-refractivity contribution in [1.29, 1.82) is 0 Å². The molecule has 3 atom stereocenters. The lowest BCUT2D eigenvalue weighted by Crippen LogP contribution is -2.42. The number of halogens is 1. The molecule has 2 aliphatic rings. The molecule has 1 aromatic rings. The Bertz CT molecular complexity index is 505. The normalized spacial score (nSPS) is 29.3. The predicted molar refractivity (Wildman–Crippen MR) is 76.0 cm³/mol. The van der Waals surface area contributed by atoms with Crippen LogP contribution in [0.15, 0.2) is 18.2 Å². The molecule has 0 aromatic heterocycles. The summed E-state index contributed by atoms with van der Waals surface area (Å²) in [4.78, 5) is 12.3. The van der Waals surface area contributed by atoms with Crippen LogP contribution in [0.2, 0.25) is 5.02 Å². The zero-order chi connectivity index (χ0) is 13.4. The fourth-order valence-electron chi connectivity index (χ4n) is 3.02. The quantitative estimate of drug-likeness (QED) is 0.778. The van der Waals surface area contributed by atoms with E-state index in [0.29, 0.717) is 17.0 Å². The van der Waals surface area contributed by atoms with Gasteiger partial charge in [0.1, 0.15) is 6.04 Å². The third-order valence-electron chi connectivity index (χ3n) is 4.14. The average molecular weight is 280 g/mol. The number of carbonyl (C=O) groups is 1. The molecule has 5 heteroatoms. The van der Waals surface area contributed by atoms with Crippen LogP contribution in [0, 0.1) is 12.8 Å². The van der Waals surface area contributed by atoms with Crippen molar-refractivity contribution in [1.82, 2.24) is 10.9 Å². The van der Waals surface area contributed by atoms with E-state index >= 15 is 0 Å². The van der Waals surface area contributed by atoms with Crippen molar-refractivity contribution in [3.8, 4) is 0 Å². The van der Waals surface area contributed by atoms with Gasteiger partial charge in [-0.05, 0) is 37.5 Å². The van der Waals surface area contributed by atoms with E-state index in [1.807, 2.05) is 19.1 Å². The zero-order valence-corrected chi connectivity index (χ0v) is 11.6. The predicted octanol–water partition coefficient (Wildman–Crippen LogP) is 2.23. The van der Waals surface area contributed by atoms with E-state index in [1.54, 1.807) is 6.07 Å². The Morgan fingerprint density at radius 2 is 2.21 bits per heavy atom. The number of anilines is 1. The SMILES string of the molecule is Cc1ccc(NC(=O)C2NNC3CCCC32)cc1Cl. The van der Waals surface area contributed by atoms with Gasteiger partial charge in [0.05, 0.1) is 0 Å². The fourth-order valence-corrected chi connectivity index (χ4v) is 3.20. The number of nitrogens with one attached hydrogen (secondary N) is 3. The lowest BCUT2D eigenvalue weighted by molar-refractivity contribution is -0.118. The average Bonchev–Trinajstić information content (AvgIpc) is 2.95. The van der Waals surface area contributed by atoms with Crippen molar-refractivity contribution < 1.29 is 4.79 Å². The molecule has 1 heterocycles. The number of benzene rings is 1. The second-order valence-corrected chi connectivity index (χ2v) is 5.83. The Hall–Kier alpha value is -1.10. The topological polar surface area (TPSA) is 53.2 Å². The molecule has 4 nitrogen and oxygen atoms in total. The summed E-state index contributed by atoms with van der Waals surface area (Å²) in [5, 5.41) is 3.61. The van der Waals surface area contributed by atoms with E-state index in [1.165, 1.54) is 6.42 Å². The van der Waals surface area contributed by atoms with E-state index in [2.05, 4.69) is 16.2 Å². The first kappa shape index (κ1) is 12.9. The maximum Gasteiger partial charge on any atom is 0.243 e. The van der Waals surface area contributed by atoms with Gasteiger partial charge in [0, 0.05) is 22.7 Å². The highest BCUT2D eigenvalue weighted by molar-refractivity contribution is 6.31. The van der Waals surface area contributed by atoms with Gasteiger partial charge in [-0.15, -0.1) is 0 Å². The summed E-state index contributed by atoms with van der Waals surface area (Å²) in [6.07, 6.45) is 3.46. The molecular formula is C14H18ClN3O. The highest BCUT2D eigenvalue weighted by Crippen LogP contribution is 2.32. The lowest BCUT2D eigenvalue weighted by atomic mass is 9.96. The van der Waals surface area contributed by atoms with Crippen LogP contribution in [-0.2, 0) is 4.79 Å². The molecule has 1 saturated heterocycles. The molecule has 0 spiro atoms. The van der Waals surface area contributed by atoms with Gasteiger partial charge >= 0.3 is 0 Å². The van der Waals surface area contributed by atoms with E-state index in [9.17, 15) is 4.79 Å². The number of carbonyl (C=O) groups excluding carboxylic acids is 1. The molecule has 3 N–H and O–H groups in total. The first-order valence-electron chi connectivity index (χ1n) is 6.73. The molecule has 1 aromatic carbocycles. The third-order valence-corrected chi connectivity index (χ3v) is 4.55. The van der Waals surface area contributed by atoms with E-state index in [4.69, 9.17) is 11.6 Å². The smallest absolute Gasteiger partial charge is 0.243 e. The van der Waals surface area contributed by atoms with Crippen LogP contribution in [0.1, 0.15) is 24.8 Å². The van der Waals surface area contributed by atoms with Crippen LogP contribution in [0.4, 0.5) is 5.69 Å². The van der Waals surface area contributed by atoms with Gasteiger partial charge in [0.15, 0.2) is 0 Å². The van der Waals surface area contributed by atoms with Gasteiger partial charge in [-0.25, -0.2) is 5.43 Å². The number of aryl methyl sites for hydroxylation is 1. The van der Waals surface area contributed by atoms with E-state index in [-0.39, 0.29) is 11.9 Å². The number of hydrogen-bond acceptors (Lipinski definition) is 3. The number of hydrazine groups is 1. The minimum atomic E-state index is -0.146. The van der Waals surface area contributed by atoms with Crippen LogP contribution in [0.25, 0.3) is 0 Å². The standard InChI is InChI=1S/C14H18ClN3O/c1-8-5-6-9(7-11(8)15)16-14(19)13-10-3-2-4-12(10)17-18-13/h5-7,10,12-13,17-18H,2-4H2,1H3,(H,16,19). The molecule has 3 unspecified atom stereocenters. The molecule has 1 saturated carbocycles. The molecule has 3 rings (SSSR count). The minimum Gasteiger partial charge on any atom is -0.325 e. The summed E-state index contributed by atoms with van der Waals surface area (Å²) in [6, 6.07) is 5.89. The summed E-state index contributed by atoms with van der Waals surface area (Å²) in [6.45, 7) is 1.94.